The minimum atomic E-state index is -0.653. The van der Waals surface area contributed by atoms with Gasteiger partial charge in [0.1, 0.15) is 23.2 Å². The number of rotatable bonds is 9. The number of methoxy groups -OCH3 is 1. The fourth-order valence-electron chi connectivity index (χ4n) is 2.82. The third-order valence-electron chi connectivity index (χ3n) is 4.57. The van der Waals surface area contributed by atoms with Crippen molar-refractivity contribution in [1.29, 1.82) is 0 Å². The Morgan fingerprint density at radius 1 is 1.10 bits per heavy atom. The molecule has 0 saturated heterocycles. The summed E-state index contributed by atoms with van der Waals surface area (Å²) in [5.41, 5.74) is 0.853. The summed E-state index contributed by atoms with van der Waals surface area (Å²) in [7, 11) is 1.58. The van der Waals surface area contributed by atoms with Crippen LogP contribution in [-0.2, 0) is 6.54 Å². The largest absolute Gasteiger partial charge is 0.497 e. The molecule has 0 bridgehead atoms. The lowest BCUT2D eigenvalue weighted by Crippen LogP contribution is -2.24. The first-order valence-corrected chi connectivity index (χ1v) is 9.58. The number of hydrogen-bond acceptors (Lipinski definition) is 6. The molecule has 0 saturated carbocycles. The average Bonchev–Trinajstić information content (AvgIpc) is 2.80. The van der Waals surface area contributed by atoms with E-state index in [4.69, 9.17) is 4.74 Å². The third kappa shape index (κ3) is 6.19. The Balaban J connectivity index is 1.46. The minimum Gasteiger partial charge on any atom is -0.497 e. The first-order chi connectivity index (χ1) is 15.0. The number of hydrogen-bond donors (Lipinski definition) is 3. The maximum Gasteiger partial charge on any atom is 0.272 e. The van der Waals surface area contributed by atoms with E-state index in [0.717, 1.165) is 29.5 Å². The van der Waals surface area contributed by atoms with Crippen LogP contribution in [0.2, 0.25) is 0 Å². The summed E-state index contributed by atoms with van der Waals surface area (Å²) in [4.78, 5) is 12.1. The molecule has 0 radical (unpaired) electrons. The molecular formula is C22H22F2N4O3. The summed E-state index contributed by atoms with van der Waals surface area (Å²) in [6, 6.07) is 13.2. The van der Waals surface area contributed by atoms with Crippen LogP contribution < -0.4 is 15.4 Å². The zero-order valence-electron chi connectivity index (χ0n) is 16.8. The second kappa shape index (κ2) is 10.4. The van der Waals surface area contributed by atoms with Crippen molar-refractivity contribution in [3.63, 3.8) is 0 Å². The molecule has 3 rings (SSSR count). The molecular weight excluding hydrogens is 406 g/mol. The predicted molar refractivity (Wildman–Crippen MR) is 111 cm³/mol. The minimum absolute atomic E-state index is 0.0370. The van der Waals surface area contributed by atoms with Gasteiger partial charge < -0.3 is 20.5 Å². The van der Waals surface area contributed by atoms with Crippen molar-refractivity contribution in [2.45, 2.75) is 19.1 Å². The number of benzene rings is 2. The lowest BCUT2D eigenvalue weighted by atomic mass is 10.1. The van der Waals surface area contributed by atoms with Crippen LogP contribution in [0, 0.1) is 11.6 Å². The second-order valence-electron chi connectivity index (χ2n) is 6.73. The maximum absolute atomic E-state index is 13.6. The molecule has 7 nitrogen and oxygen atoms in total. The summed E-state index contributed by atoms with van der Waals surface area (Å²) in [5, 5.41) is 23.5. The highest BCUT2D eigenvalue weighted by molar-refractivity contribution is 5.92. The van der Waals surface area contributed by atoms with Crippen molar-refractivity contribution in [1.82, 2.24) is 15.5 Å². The third-order valence-corrected chi connectivity index (χ3v) is 4.57. The number of carbonyl (C=O) groups excluding carboxylic acids is 1. The van der Waals surface area contributed by atoms with Crippen LogP contribution in [0.4, 0.5) is 14.6 Å². The molecule has 3 N–H and O–H groups in total. The molecule has 2 aromatic carbocycles. The van der Waals surface area contributed by atoms with E-state index >= 15 is 0 Å². The van der Waals surface area contributed by atoms with E-state index in [1.807, 2.05) is 0 Å². The van der Waals surface area contributed by atoms with Crippen molar-refractivity contribution >= 4 is 11.7 Å². The van der Waals surface area contributed by atoms with Crippen molar-refractivity contribution in [3.05, 3.63) is 83.1 Å². The highest BCUT2D eigenvalue weighted by Gasteiger charge is 2.11. The van der Waals surface area contributed by atoms with Gasteiger partial charge in [0.25, 0.3) is 5.91 Å². The molecule has 1 amide bonds. The molecule has 0 aliphatic carbocycles. The monoisotopic (exact) mass is 428 g/mol. The van der Waals surface area contributed by atoms with Crippen LogP contribution in [0.5, 0.6) is 5.75 Å². The number of carbonyl (C=O) groups is 1. The SMILES string of the molecule is COc1ccc(C(O)CCNc2ccc(C(=O)NCc3cc(F)ccc3F)nn2)cc1. The Labute approximate surface area is 178 Å². The molecule has 9 heteroatoms. The van der Waals surface area contributed by atoms with Gasteiger partial charge in [-0.05, 0) is 54.4 Å². The van der Waals surface area contributed by atoms with Gasteiger partial charge in [0, 0.05) is 18.7 Å². The van der Waals surface area contributed by atoms with E-state index in [2.05, 4.69) is 20.8 Å². The molecule has 0 aliphatic heterocycles. The molecule has 1 atom stereocenters. The summed E-state index contributed by atoms with van der Waals surface area (Å²) in [6.07, 6.45) is -0.213. The quantitative estimate of drug-likeness (QED) is 0.484. The molecule has 1 unspecified atom stereocenters. The van der Waals surface area contributed by atoms with Crippen LogP contribution in [0.15, 0.2) is 54.6 Å². The van der Waals surface area contributed by atoms with Crippen LogP contribution >= 0.6 is 0 Å². The number of aliphatic hydroxyl groups is 1. The van der Waals surface area contributed by atoms with E-state index in [9.17, 15) is 18.7 Å². The summed E-state index contributed by atoms with van der Waals surface area (Å²) in [6.45, 7) is 0.264. The van der Waals surface area contributed by atoms with Crippen molar-refractivity contribution in [2.75, 3.05) is 19.0 Å². The van der Waals surface area contributed by atoms with Gasteiger partial charge in [-0.3, -0.25) is 4.79 Å². The van der Waals surface area contributed by atoms with E-state index in [0.29, 0.717) is 18.8 Å². The molecule has 3 aromatic rings. The zero-order valence-corrected chi connectivity index (χ0v) is 16.8. The Kier molecular flexibility index (Phi) is 7.45. The molecule has 1 aromatic heterocycles. The van der Waals surface area contributed by atoms with E-state index < -0.39 is 23.6 Å². The topological polar surface area (TPSA) is 96.4 Å². The van der Waals surface area contributed by atoms with Crippen LogP contribution in [0.3, 0.4) is 0 Å². The number of ether oxygens (including phenoxy) is 1. The number of nitrogens with one attached hydrogen (secondary N) is 2. The molecule has 31 heavy (non-hydrogen) atoms. The molecule has 0 aliphatic rings. The first kappa shape index (κ1) is 22.1. The molecule has 162 valence electrons. The lowest BCUT2D eigenvalue weighted by molar-refractivity contribution is 0.0944. The van der Waals surface area contributed by atoms with Gasteiger partial charge >= 0.3 is 0 Å². The number of nitrogens with zero attached hydrogens (tertiary/aromatic N) is 2. The van der Waals surface area contributed by atoms with E-state index in [1.165, 1.54) is 6.07 Å². The summed E-state index contributed by atoms with van der Waals surface area (Å²) < 4.78 is 31.9. The van der Waals surface area contributed by atoms with Gasteiger partial charge in [-0.1, -0.05) is 12.1 Å². The Bertz CT molecular complexity index is 1010. The number of halogens is 2. The number of anilines is 1. The number of amides is 1. The first-order valence-electron chi connectivity index (χ1n) is 9.58. The summed E-state index contributed by atoms with van der Waals surface area (Å²) in [5.74, 6) is -0.594. The zero-order chi connectivity index (χ0) is 22.2. The Hall–Kier alpha value is -3.59. The maximum atomic E-state index is 13.6. The smallest absolute Gasteiger partial charge is 0.272 e. The fourth-order valence-corrected chi connectivity index (χ4v) is 2.82. The molecule has 1 heterocycles. The normalized spacial score (nSPS) is 11.6. The van der Waals surface area contributed by atoms with Gasteiger partial charge in [-0.2, -0.15) is 0 Å². The average molecular weight is 428 g/mol. The van der Waals surface area contributed by atoms with Crippen molar-refractivity contribution in [3.8, 4) is 5.75 Å². The number of aliphatic hydroxyl groups excluding tert-OH is 1. The van der Waals surface area contributed by atoms with E-state index in [-0.39, 0.29) is 17.8 Å². The van der Waals surface area contributed by atoms with Gasteiger partial charge in [-0.25, -0.2) is 8.78 Å². The number of aromatic nitrogens is 2. The lowest BCUT2D eigenvalue weighted by Gasteiger charge is -2.12. The Morgan fingerprint density at radius 3 is 2.55 bits per heavy atom. The van der Waals surface area contributed by atoms with Crippen molar-refractivity contribution < 1.29 is 23.4 Å². The van der Waals surface area contributed by atoms with Gasteiger partial charge in [-0.15, -0.1) is 10.2 Å². The second-order valence-corrected chi connectivity index (χ2v) is 6.73. The summed E-state index contributed by atoms with van der Waals surface area (Å²) >= 11 is 0. The van der Waals surface area contributed by atoms with E-state index in [1.54, 1.807) is 37.4 Å². The van der Waals surface area contributed by atoms with Crippen molar-refractivity contribution in [2.24, 2.45) is 0 Å². The predicted octanol–water partition coefficient (Wildman–Crippen LogP) is 3.23. The van der Waals surface area contributed by atoms with Gasteiger partial charge in [0.05, 0.1) is 13.2 Å². The van der Waals surface area contributed by atoms with Gasteiger partial charge in [0.2, 0.25) is 0 Å². The highest BCUT2D eigenvalue weighted by atomic mass is 19.1. The molecule has 0 spiro atoms. The van der Waals surface area contributed by atoms with Crippen LogP contribution in [0.1, 0.15) is 34.1 Å². The van der Waals surface area contributed by atoms with Gasteiger partial charge in [0.15, 0.2) is 5.69 Å². The van der Waals surface area contributed by atoms with Crippen LogP contribution in [0.25, 0.3) is 0 Å². The molecule has 0 fully saturated rings. The standard InChI is InChI=1S/C22H22F2N4O3/c1-31-17-5-2-14(3-6-17)20(29)10-11-25-21-9-8-19(27-28-21)22(30)26-13-15-12-16(23)4-7-18(15)24/h2-9,12,20,29H,10-11,13H2,1H3,(H,25,28)(H,26,30). The highest BCUT2D eigenvalue weighted by Crippen LogP contribution is 2.20. The Morgan fingerprint density at radius 2 is 1.87 bits per heavy atom. The van der Waals surface area contributed by atoms with Crippen LogP contribution in [-0.4, -0.2) is 34.9 Å². The fraction of sp³-hybridized carbons (Fsp3) is 0.227.